The largest absolute Gasteiger partial charge is 0.454 e. The molecule has 6 nitrogen and oxygen atoms in total. The van der Waals surface area contributed by atoms with Gasteiger partial charge in [-0.25, -0.2) is 22.5 Å². The zero-order valence-corrected chi connectivity index (χ0v) is 20.6. The fraction of sp³-hybridized carbons (Fsp3) is 0.160. The number of nitrogens with one attached hydrogen (secondary N) is 1. The summed E-state index contributed by atoms with van der Waals surface area (Å²) in [5.74, 6) is -0.602. The Kier molecular flexibility index (Phi) is 6.74. The maximum atomic E-state index is 13.4. The first-order valence-corrected chi connectivity index (χ1v) is 12.1. The van der Waals surface area contributed by atoms with Crippen LogP contribution in [0.1, 0.15) is 46.1 Å². The third kappa shape index (κ3) is 5.09. The van der Waals surface area contributed by atoms with Crippen LogP contribution < -0.4 is 5.32 Å². The van der Waals surface area contributed by atoms with Crippen LogP contribution in [-0.4, -0.2) is 20.7 Å². The summed E-state index contributed by atoms with van der Waals surface area (Å²) in [4.78, 5) is 17.3. The molecule has 0 saturated heterocycles. The van der Waals surface area contributed by atoms with Crippen LogP contribution in [0.4, 0.5) is 23.2 Å². The number of nitrogens with zero attached hydrogens (tertiary/aromatic N) is 3. The first-order chi connectivity index (χ1) is 17.7. The number of alkyl halides is 4. The second-order valence-electron chi connectivity index (χ2n) is 8.13. The Morgan fingerprint density at radius 1 is 1.08 bits per heavy atom. The minimum atomic E-state index is -3.12. The van der Waals surface area contributed by atoms with Gasteiger partial charge in [0.1, 0.15) is 22.2 Å². The van der Waals surface area contributed by atoms with Gasteiger partial charge in [0.15, 0.2) is 5.76 Å². The lowest BCUT2D eigenvalue weighted by Crippen LogP contribution is -2.11. The molecule has 0 aliphatic heterocycles. The van der Waals surface area contributed by atoms with Gasteiger partial charge in [-0.2, -0.15) is 5.10 Å². The van der Waals surface area contributed by atoms with E-state index in [-0.39, 0.29) is 11.5 Å². The number of halogens is 5. The van der Waals surface area contributed by atoms with E-state index in [4.69, 9.17) is 16.0 Å². The Morgan fingerprint density at radius 3 is 2.54 bits per heavy atom. The van der Waals surface area contributed by atoms with E-state index in [1.807, 2.05) is 31.2 Å². The number of hydrogen-bond donors (Lipinski definition) is 1. The van der Waals surface area contributed by atoms with Crippen molar-refractivity contribution in [3.8, 4) is 10.6 Å². The van der Waals surface area contributed by atoms with Crippen LogP contribution in [0.25, 0.3) is 20.8 Å². The maximum absolute atomic E-state index is 13.4. The highest BCUT2D eigenvalue weighted by atomic mass is 35.5. The normalized spacial score (nSPS) is 11.7. The van der Waals surface area contributed by atoms with E-state index in [0.717, 1.165) is 26.4 Å². The number of hydrogen-bond acceptors (Lipinski definition) is 5. The van der Waals surface area contributed by atoms with E-state index >= 15 is 0 Å². The maximum Gasteiger partial charge on any atom is 0.291 e. The SMILES string of the molecule is Cc1ccc2nc(-c3ccc(NC(=O)c4ccc(Cn5nc(C(F)F)c(Cl)c5C(F)F)o4)cc3)sc2c1. The summed E-state index contributed by atoms with van der Waals surface area (Å²) in [6, 6.07) is 15.9. The summed E-state index contributed by atoms with van der Waals surface area (Å²) in [5, 5.41) is 6.24. The molecule has 1 N–H and O–H groups in total. The minimum absolute atomic E-state index is 0.0634. The summed E-state index contributed by atoms with van der Waals surface area (Å²) < 4.78 is 60.0. The molecule has 0 bridgehead atoms. The minimum Gasteiger partial charge on any atom is -0.454 e. The van der Waals surface area contributed by atoms with Gasteiger partial charge in [0.05, 0.1) is 21.8 Å². The number of aromatic nitrogens is 3. The molecular weight excluding hydrogens is 532 g/mol. The van der Waals surface area contributed by atoms with Crippen LogP contribution in [0, 0.1) is 6.92 Å². The van der Waals surface area contributed by atoms with Gasteiger partial charge in [-0.1, -0.05) is 17.7 Å². The Balaban J connectivity index is 1.28. The van der Waals surface area contributed by atoms with Crippen molar-refractivity contribution < 1.29 is 26.8 Å². The second-order valence-corrected chi connectivity index (χ2v) is 9.54. The van der Waals surface area contributed by atoms with Crippen molar-refractivity contribution in [1.82, 2.24) is 14.8 Å². The average Bonchev–Trinajstić information content (AvgIpc) is 3.56. The molecule has 0 fully saturated rings. The predicted octanol–water partition coefficient (Wildman–Crippen LogP) is 7.89. The number of furan rings is 1. The fourth-order valence-electron chi connectivity index (χ4n) is 3.72. The Hall–Kier alpha value is -3.70. The highest BCUT2D eigenvalue weighted by Crippen LogP contribution is 2.35. The number of benzene rings is 2. The van der Waals surface area contributed by atoms with Gasteiger partial charge in [-0.15, -0.1) is 11.3 Å². The summed E-state index contributed by atoms with van der Waals surface area (Å²) in [6.07, 6.45) is -6.24. The number of aryl methyl sites for hydroxylation is 1. The number of thiazole rings is 1. The number of carbonyl (C=O) groups excluding carboxylic acids is 1. The molecule has 3 aromatic heterocycles. The quantitative estimate of drug-likeness (QED) is 0.210. The molecule has 0 atom stereocenters. The van der Waals surface area contributed by atoms with Gasteiger partial charge in [0.2, 0.25) is 0 Å². The number of carbonyl (C=O) groups is 1. The van der Waals surface area contributed by atoms with Crippen LogP contribution >= 0.6 is 22.9 Å². The number of rotatable bonds is 7. The molecule has 3 heterocycles. The molecule has 1 amide bonds. The highest BCUT2D eigenvalue weighted by Gasteiger charge is 2.28. The topological polar surface area (TPSA) is 73.0 Å². The third-order valence-corrected chi connectivity index (χ3v) is 6.95. The van der Waals surface area contributed by atoms with Crippen LogP contribution in [-0.2, 0) is 6.54 Å². The molecule has 0 radical (unpaired) electrons. The van der Waals surface area contributed by atoms with Gasteiger partial charge >= 0.3 is 0 Å². The molecule has 0 unspecified atom stereocenters. The van der Waals surface area contributed by atoms with E-state index in [1.54, 1.807) is 23.5 Å². The van der Waals surface area contributed by atoms with Crippen LogP contribution in [0.15, 0.2) is 59.0 Å². The zero-order valence-electron chi connectivity index (χ0n) is 19.0. The number of amides is 1. The van der Waals surface area contributed by atoms with Gasteiger partial charge < -0.3 is 9.73 Å². The molecule has 0 spiro atoms. The summed E-state index contributed by atoms with van der Waals surface area (Å²) in [6.45, 7) is 1.62. The lowest BCUT2D eigenvalue weighted by Gasteiger charge is -2.06. The van der Waals surface area contributed by atoms with Crippen LogP contribution in [0.2, 0.25) is 5.02 Å². The van der Waals surface area contributed by atoms with Crippen LogP contribution in [0.3, 0.4) is 0 Å². The van der Waals surface area contributed by atoms with E-state index < -0.39 is 41.7 Å². The second kappa shape index (κ2) is 9.98. The molecule has 0 aliphatic carbocycles. The lowest BCUT2D eigenvalue weighted by molar-refractivity contribution is 0.0994. The third-order valence-electron chi connectivity index (χ3n) is 5.49. The molecule has 2 aromatic carbocycles. The summed E-state index contributed by atoms with van der Waals surface area (Å²) in [7, 11) is 0. The van der Waals surface area contributed by atoms with Crippen molar-refractivity contribution in [2.75, 3.05) is 5.32 Å². The molecule has 5 rings (SSSR count). The molecule has 0 aliphatic rings. The molecule has 12 heteroatoms. The van der Waals surface area contributed by atoms with Gasteiger partial charge in [0, 0.05) is 11.3 Å². The smallest absolute Gasteiger partial charge is 0.291 e. The van der Waals surface area contributed by atoms with Crippen molar-refractivity contribution in [2.45, 2.75) is 26.3 Å². The van der Waals surface area contributed by atoms with Gasteiger partial charge in [-0.3, -0.25) is 9.48 Å². The van der Waals surface area contributed by atoms with Gasteiger partial charge in [-0.05, 0) is 61.0 Å². The molecule has 0 saturated carbocycles. The molecule has 190 valence electrons. The van der Waals surface area contributed by atoms with E-state index in [9.17, 15) is 22.4 Å². The van der Waals surface area contributed by atoms with E-state index in [2.05, 4.69) is 21.5 Å². The fourth-order valence-corrected chi connectivity index (χ4v) is 5.09. The summed E-state index contributed by atoms with van der Waals surface area (Å²) >= 11 is 7.24. The van der Waals surface area contributed by atoms with Crippen molar-refractivity contribution in [2.24, 2.45) is 0 Å². The Labute approximate surface area is 216 Å². The first kappa shape index (κ1) is 25.0. The molecule has 37 heavy (non-hydrogen) atoms. The van der Waals surface area contributed by atoms with E-state index in [0.29, 0.717) is 10.4 Å². The van der Waals surface area contributed by atoms with Gasteiger partial charge in [0.25, 0.3) is 18.8 Å². The van der Waals surface area contributed by atoms with Crippen molar-refractivity contribution in [3.63, 3.8) is 0 Å². The zero-order chi connectivity index (χ0) is 26.3. The number of fused-ring (bicyclic) bond motifs is 1. The lowest BCUT2D eigenvalue weighted by atomic mass is 10.2. The van der Waals surface area contributed by atoms with Crippen molar-refractivity contribution in [1.29, 1.82) is 0 Å². The van der Waals surface area contributed by atoms with Crippen molar-refractivity contribution >= 4 is 44.7 Å². The standard InChI is InChI=1S/C25H17ClF4N4O2S/c1-12-2-8-16-18(10-12)37-25(32-16)13-3-5-14(6-4-13)31-24(35)17-9-7-15(36-17)11-34-21(23(29)30)19(26)20(33-34)22(27)28/h2-10,22-23H,11H2,1H3,(H,31,35). The highest BCUT2D eigenvalue weighted by molar-refractivity contribution is 7.21. The average molecular weight is 549 g/mol. The van der Waals surface area contributed by atoms with E-state index in [1.165, 1.54) is 12.1 Å². The summed E-state index contributed by atoms with van der Waals surface area (Å²) in [5.41, 5.74) is 1.69. The van der Waals surface area contributed by atoms with Crippen LogP contribution in [0.5, 0.6) is 0 Å². The first-order valence-electron chi connectivity index (χ1n) is 10.9. The Morgan fingerprint density at radius 2 is 1.84 bits per heavy atom. The Bertz CT molecular complexity index is 1590. The predicted molar refractivity (Wildman–Crippen MR) is 133 cm³/mol. The molecular formula is C25H17ClF4N4O2S. The number of anilines is 1. The molecule has 5 aromatic rings. The monoisotopic (exact) mass is 548 g/mol. The van der Waals surface area contributed by atoms with Crippen molar-refractivity contribution in [3.05, 3.63) is 88.1 Å².